The number of nitrogen functional groups attached to an aromatic ring is 1. The lowest BCUT2D eigenvalue weighted by Crippen LogP contribution is -2.20. The summed E-state index contributed by atoms with van der Waals surface area (Å²) in [5, 5.41) is 3.99. The molecule has 0 spiro atoms. The second-order valence-corrected chi connectivity index (χ2v) is 5.09. The van der Waals surface area contributed by atoms with Gasteiger partial charge in [-0.2, -0.15) is 0 Å². The molecular formula is C11H18N2O. The lowest BCUT2D eigenvalue weighted by Gasteiger charge is -2.33. The van der Waals surface area contributed by atoms with Crippen LogP contribution in [0.2, 0.25) is 0 Å². The molecule has 0 amide bonds. The average molecular weight is 194 g/mol. The van der Waals surface area contributed by atoms with E-state index in [9.17, 15) is 0 Å². The number of hydrogen-bond acceptors (Lipinski definition) is 3. The number of hydrogen-bond donors (Lipinski definition) is 1. The van der Waals surface area contributed by atoms with E-state index >= 15 is 0 Å². The summed E-state index contributed by atoms with van der Waals surface area (Å²) >= 11 is 0. The van der Waals surface area contributed by atoms with Crippen LogP contribution >= 0.6 is 0 Å². The Morgan fingerprint density at radius 2 is 2.07 bits per heavy atom. The van der Waals surface area contributed by atoms with Gasteiger partial charge in [-0.1, -0.05) is 19.0 Å². The molecule has 1 heterocycles. The summed E-state index contributed by atoms with van der Waals surface area (Å²) < 4.78 is 4.90. The Morgan fingerprint density at radius 3 is 2.57 bits per heavy atom. The Kier molecular flexibility index (Phi) is 2.25. The number of nitrogens with two attached hydrogens (primary N) is 1. The van der Waals surface area contributed by atoms with E-state index in [0.29, 0.717) is 17.2 Å². The molecule has 1 aromatic rings. The quantitative estimate of drug-likeness (QED) is 0.747. The van der Waals surface area contributed by atoms with Crippen molar-refractivity contribution in [2.45, 2.75) is 45.4 Å². The van der Waals surface area contributed by atoms with Crippen LogP contribution in [0.15, 0.2) is 10.6 Å². The van der Waals surface area contributed by atoms with Gasteiger partial charge in [0.25, 0.3) is 0 Å². The minimum absolute atomic E-state index is 0.435. The fourth-order valence-corrected chi connectivity index (χ4v) is 2.19. The first-order valence-electron chi connectivity index (χ1n) is 5.29. The Morgan fingerprint density at radius 1 is 1.43 bits per heavy atom. The molecule has 2 N–H and O–H groups in total. The normalized spacial score (nSPS) is 22.4. The monoisotopic (exact) mass is 194 g/mol. The van der Waals surface area contributed by atoms with Gasteiger partial charge in [-0.15, -0.1) is 0 Å². The molecule has 0 atom stereocenters. The highest BCUT2D eigenvalue weighted by Gasteiger charge is 2.28. The summed E-state index contributed by atoms with van der Waals surface area (Å²) in [5.74, 6) is 0.994. The molecular weight excluding hydrogens is 176 g/mol. The summed E-state index contributed by atoms with van der Waals surface area (Å²) in [6.07, 6.45) is 4.95. The Bertz CT molecular complexity index is 307. The van der Waals surface area contributed by atoms with Crippen molar-refractivity contribution in [1.29, 1.82) is 0 Å². The third-order valence-electron chi connectivity index (χ3n) is 3.30. The Labute approximate surface area is 84.7 Å². The largest absolute Gasteiger partial charge is 0.368 e. The van der Waals surface area contributed by atoms with E-state index in [1.165, 1.54) is 25.7 Å². The summed E-state index contributed by atoms with van der Waals surface area (Å²) in [4.78, 5) is 0. The first kappa shape index (κ1) is 9.56. The SMILES string of the molecule is CC1(C)CCC(c2cc(N)on2)CC1. The summed E-state index contributed by atoms with van der Waals surface area (Å²) in [5.41, 5.74) is 7.05. The minimum Gasteiger partial charge on any atom is -0.368 e. The van der Waals surface area contributed by atoms with Crippen molar-refractivity contribution in [2.75, 3.05) is 5.73 Å². The molecule has 1 aliphatic carbocycles. The van der Waals surface area contributed by atoms with Crippen LogP contribution in [0.4, 0.5) is 5.88 Å². The fourth-order valence-electron chi connectivity index (χ4n) is 2.19. The zero-order valence-electron chi connectivity index (χ0n) is 8.92. The van der Waals surface area contributed by atoms with Gasteiger partial charge in [-0.05, 0) is 31.1 Å². The highest BCUT2D eigenvalue weighted by atomic mass is 16.5. The molecule has 0 aromatic carbocycles. The number of nitrogens with zero attached hydrogens (tertiary/aromatic N) is 1. The topological polar surface area (TPSA) is 52.0 Å². The van der Waals surface area contributed by atoms with Gasteiger partial charge in [0.15, 0.2) is 0 Å². The Balaban J connectivity index is 2.02. The fraction of sp³-hybridized carbons (Fsp3) is 0.727. The number of aromatic nitrogens is 1. The van der Waals surface area contributed by atoms with Crippen LogP contribution in [-0.2, 0) is 0 Å². The molecule has 14 heavy (non-hydrogen) atoms. The highest BCUT2D eigenvalue weighted by Crippen LogP contribution is 2.42. The molecule has 3 nitrogen and oxygen atoms in total. The van der Waals surface area contributed by atoms with Crippen molar-refractivity contribution in [2.24, 2.45) is 5.41 Å². The van der Waals surface area contributed by atoms with Gasteiger partial charge < -0.3 is 10.3 Å². The van der Waals surface area contributed by atoms with E-state index < -0.39 is 0 Å². The minimum atomic E-state index is 0.435. The van der Waals surface area contributed by atoms with Crippen molar-refractivity contribution in [1.82, 2.24) is 5.16 Å². The van der Waals surface area contributed by atoms with Gasteiger partial charge in [0, 0.05) is 12.0 Å². The zero-order chi connectivity index (χ0) is 10.2. The standard InChI is InChI=1S/C11H18N2O/c1-11(2)5-3-8(4-6-11)9-7-10(12)14-13-9/h7-8H,3-6,12H2,1-2H3. The van der Waals surface area contributed by atoms with E-state index in [4.69, 9.17) is 10.3 Å². The second kappa shape index (κ2) is 3.30. The lowest BCUT2D eigenvalue weighted by molar-refractivity contribution is 0.220. The van der Waals surface area contributed by atoms with Crippen LogP contribution in [0.1, 0.15) is 51.1 Å². The van der Waals surface area contributed by atoms with Gasteiger partial charge in [0.05, 0.1) is 5.69 Å². The molecule has 2 rings (SSSR count). The molecule has 3 heteroatoms. The average Bonchev–Trinajstić information content (AvgIpc) is 2.52. The second-order valence-electron chi connectivity index (χ2n) is 5.09. The molecule has 0 bridgehead atoms. The van der Waals surface area contributed by atoms with E-state index in [0.717, 1.165) is 5.69 Å². The smallest absolute Gasteiger partial charge is 0.222 e. The van der Waals surface area contributed by atoms with Crippen LogP contribution in [0.5, 0.6) is 0 Å². The summed E-state index contributed by atoms with van der Waals surface area (Å²) in [7, 11) is 0. The van der Waals surface area contributed by atoms with E-state index in [1.807, 2.05) is 6.07 Å². The maximum atomic E-state index is 5.51. The summed E-state index contributed by atoms with van der Waals surface area (Å²) in [6.45, 7) is 4.67. The van der Waals surface area contributed by atoms with Crippen LogP contribution in [-0.4, -0.2) is 5.16 Å². The van der Waals surface area contributed by atoms with Crippen molar-refractivity contribution >= 4 is 5.88 Å². The maximum absolute atomic E-state index is 5.51. The Hall–Kier alpha value is -0.990. The lowest BCUT2D eigenvalue weighted by atomic mass is 9.72. The maximum Gasteiger partial charge on any atom is 0.222 e. The van der Waals surface area contributed by atoms with Crippen LogP contribution in [0.25, 0.3) is 0 Å². The molecule has 78 valence electrons. The molecule has 1 fully saturated rings. The number of rotatable bonds is 1. The third kappa shape index (κ3) is 1.91. The van der Waals surface area contributed by atoms with Crippen molar-refractivity contribution in [3.05, 3.63) is 11.8 Å². The molecule has 0 aliphatic heterocycles. The number of anilines is 1. The van der Waals surface area contributed by atoms with Crippen LogP contribution < -0.4 is 5.73 Å². The van der Waals surface area contributed by atoms with Crippen molar-refractivity contribution < 1.29 is 4.52 Å². The van der Waals surface area contributed by atoms with Gasteiger partial charge in [0.2, 0.25) is 5.88 Å². The van der Waals surface area contributed by atoms with E-state index in [2.05, 4.69) is 19.0 Å². The van der Waals surface area contributed by atoms with Crippen LogP contribution in [0.3, 0.4) is 0 Å². The van der Waals surface area contributed by atoms with Gasteiger partial charge in [-0.3, -0.25) is 0 Å². The molecule has 1 aromatic heterocycles. The van der Waals surface area contributed by atoms with Gasteiger partial charge in [-0.25, -0.2) is 0 Å². The molecule has 1 saturated carbocycles. The van der Waals surface area contributed by atoms with Crippen LogP contribution in [0, 0.1) is 5.41 Å². The molecule has 0 radical (unpaired) electrons. The van der Waals surface area contributed by atoms with Crippen molar-refractivity contribution in [3.63, 3.8) is 0 Å². The predicted molar refractivity (Wildman–Crippen MR) is 55.9 cm³/mol. The summed E-state index contributed by atoms with van der Waals surface area (Å²) in [6, 6.07) is 1.86. The van der Waals surface area contributed by atoms with E-state index in [-0.39, 0.29) is 0 Å². The third-order valence-corrected chi connectivity index (χ3v) is 3.30. The van der Waals surface area contributed by atoms with Gasteiger partial charge >= 0.3 is 0 Å². The van der Waals surface area contributed by atoms with Gasteiger partial charge in [0.1, 0.15) is 0 Å². The van der Waals surface area contributed by atoms with E-state index in [1.54, 1.807) is 0 Å². The predicted octanol–water partition coefficient (Wildman–Crippen LogP) is 2.94. The van der Waals surface area contributed by atoms with Crippen molar-refractivity contribution in [3.8, 4) is 0 Å². The zero-order valence-corrected chi connectivity index (χ0v) is 8.92. The molecule has 0 saturated heterocycles. The first-order valence-corrected chi connectivity index (χ1v) is 5.29. The first-order chi connectivity index (χ1) is 6.57. The molecule has 0 unspecified atom stereocenters. The molecule has 1 aliphatic rings. The highest BCUT2D eigenvalue weighted by molar-refractivity contribution is 5.26.